The minimum absolute atomic E-state index is 0.232. The van der Waals surface area contributed by atoms with Crippen molar-refractivity contribution in [3.05, 3.63) is 29.3 Å². The normalized spacial score (nSPS) is 32.3. The summed E-state index contributed by atoms with van der Waals surface area (Å²) in [4.78, 5) is 2.27. The monoisotopic (exact) mass is 315 g/mol. The van der Waals surface area contributed by atoms with Gasteiger partial charge < -0.3 is 14.7 Å². The van der Waals surface area contributed by atoms with Crippen molar-refractivity contribution in [1.82, 2.24) is 4.90 Å². The van der Waals surface area contributed by atoms with E-state index in [1.54, 1.807) is 0 Å². The summed E-state index contributed by atoms with van der Waals surface area (Å²) in [6.45, 7) is 0. The zero-order chi connectivity index (χ0) is 16.1. The predicted octanol–water partition coefficient (Wildman–Crippen LogP) is 3.16. The smallest absolute Gasteiger partial charge is 0.419 e. The Kier molecular flexibility index (Phi) is 3.64. The highest BCUT2D eigenvalue weighted by molar-refractivity contribution is 5.42. The highest BCUT2D eigenvalue weighted by Gasteiger charge is 2.47. The molecule has 0 aromatic heterocycles. The van der Waals surface area contributed by atoms with E-state index in [2.05, 4.69) is 11.9 Å². The molecule has 0 radical (unpaired) electrons. The number of methoxy groups -OCH3 is 1. The summed E-state index contributed by atoms with van der Waals surface area (Å²) in [7, 11) is 3.27. The van der Waals surface area contributed by atoms with Gasteiger partial charge in [-0.2, -0.15) is 13.2 Å². The van der Waals surface area contributed by atoms with Crippen LogP contribution in [0.5, 0.6) is 5.75 Å². The maximum absolute atomic E-state index is 12.9. The highest BCUT2D eigenvalue weighted by Crippen LogP contribution is 2.46. The van der Waals surface area contributed by atoms with Crippen molar-refractivity contribution in [2.24, 2.45) is 0 Å². The molecule has 0 saturated carbocycles. The first-order valence-corrected chi connectivity index (χ1v) is 7.44. The number of hydrogen-bond acceptors (Lipinski definition) is 3. The van der Waals surface area contributed by atoms with E-state index in [0.717, 1.165) is 18.9 Å². The Hall–Kier alpha value is -1.27. The molecule has 122 valence electrons. The summed E-state index contributed by atoms with van der Waals surface area (Å²) in [6, 6.07) is 4.31. The van der Waals surface area contributed by atoms with E-state index in [1.165, 1.54) is 19.2 Å². The largest absolute Gasteiger partial charge is 0.496 e. The summed E-state index contributed by atoms with van der Waals surface area (Å²) in [5.41, 5.74) is -1.36. The molecule has 2 atom stereocenters. The van der Waals surface area contributed by atoms with Gasteiger partial charge in [0.05, 0.1) is 18.3 Å². The lowest BCUT2D eigenvalue weighted by Gasteiger charge is -2.42. The highest BCUT2D eigenvalue weighted by atomic mass is 19.4. The number of hydrogen-bond donors (Lipinski definition) is 1. The van der Waals surface area contributed by atoms with Crippen LogP contribution in [-0.2, 0) is 11.8 Å². The molecule has 2 unspecified atom stereocenters. The Bertz CT molecular complexity index is 559. The molecule has 2 aliphatic heterocycles. The molecule has 2 bridgehead atoms. The maximum Gasteiger partial charge on any atom is 0.419 e. The van der Waals surface area contributed by atoms with Crippen LogP contribution in [0.25, 0.3) is 0 Å². The third-order valence-corrected chi connectivity index (χ3v) is 5.18. The van der Waals surface area contributed by atoms with Gasteiger partial charge in [-0.3, -0.25) is 0 Å². The average Bonchev–Trinajstić information content (AvgIpc) is 2.69. The van der Waals surface area contributed by atoms with Gasteiger partial charge in [0, 0.05) is 12.1 Å². The summed E-state index contributed by atoms with van der Waals surface area (Å²) in [5, 5.41) is 11.0. The quantitative estimate of drug-likeness (QED) is 0.910. The number of alkyl halides is 3. The first-order valence-electron chi connectivity index (χ1n) is 7.44. The van der Waals surface area contributed by atoms with Gasteiger partial charge in [0.15, 0.2) is 0 Å². The van der Waals surface area contributed by atoms with Gasteiger partial charge in [-0.25, -0.2) is 0 Å². The average molecular weight is 315 g/mol. The molecule has 1 aromatic carbocycles. The van der Waals surface area contributed by atoms with Gasteiger partial charge in [0.1, 0.15) is 5.75 Å². The lowest BCUT2D eigenvalue weighted by Crippen LogP contribution is -2.47. The second kappa shape index (κ2) is 5.13. The van der Waals surface area contributed by atoms with Crippen LogP contribution in [0.15, 0.2) is 18.2 Å². The molecular formula is C16H20F3NO2. The summed E-state index contributed by atoms with van der Waals surface area (Å²) in [5.74, 6) is -0.232. The van der Waals surface area contributed by atoms with Crippen LogP contribution in [-0.4, -0.2) is 36.2 Å². The van der Waals surface area contributed by atoms with Crippen molar-refractivity contribution in [3.63, 3.8) is 0 Å². The Labute approximate surface area is 127 Å². The lowest BCUT2D eigenvalue weighted by atomic mass is 9.80. The minimum atomic E-state index is -4.46. The molecule has 2 saturated heterocycles. The van der Waals surface area contributed by atoms with E-state index in [1.807, 2.05) is 0 Å². The van der Waals surface area contributed by atoms with Crippen molar-refractivity contribution in [1.29, 1.82) is 0 Å². The standard InChI is InChI=1S/C16H20F3NO2/c1-20-11-4-5-12(20)9-15(21,8-11)10-3-6-13(16(17,18)19)14(7-10)22-2/h3,6-7,11-12,21H,4-5,8-9H2,1-2H3. The molecule has 2 heterocycles. The van der Waals surface area contributed by atoms with E-state index in [4.69, 9.17) is 4.74 Å². The Morgan fingerprint density at radius 1 is 1.23 bits per heavy atom. The third-order valence-electron chi connectivity index (χ3n) is 5.18. The molecule has 3 nitrogen and oxygen atoms in total. The lowest BCUT2D eigenvalue weighted by molar-refractivity contribution is -0.138. The van der Waals surface area contributed by atoms with Gasteiger partial charge in [0.2, 0.25) is 0 Å². The van der Waals surface area contributed by atoms with E-state index in [9.17, 15) is 18.3 Å². The fourth-order valence-electron chi connectivity index (χ4n) is 3.90. The van der Waals surface area contributed by atoms with Crippen molar-refractivity contribution >= 4 is 0 Å². The van der Waals surface area contributed by atoms with Crippen LogP contribution in [0, 0.1) is 0 Å². The van der Waals surface area contributed by atoms with Crippen LogP contribution in [0.3, 0.4) is 0 Å². The third kappa shape index (κ3) is 2.48. The summed E-state index contributed by atoms with van der Waals surface area (Å²) < 4.78 is 43.7. The number of ether oxygens (including phenoxy) is 1. The number of aliphatic hydroxyl groups is 1. The first kappa shape index (κ1) is 15.6. The Morgan fingerprint density at radius 2 is 1.82 bits per heavy atom. The van der Waals surface area contributed by atoms with Crippen LogP contribution < -0.4 is 4.74 Å². The second-order valence-corrected chi connectivity index (χ2v) is 6.40. The molecule has 22 heavy (non-hydrogen) atoms. The molecule has 0 amide bonds. The maximum atomic E-state index is 12.9. The van der Waals surface area contributed by atoms with Crippen LogP contribution in [0.4, 0.5) is 13.2 Å². The van der Waals surface area contributed by atoms with Crippen molar-refractivity contribution < 1.29 is 23.0 Å². The molecule has 1 aromatic rings. The van der Waals surface area contributed by atoms with Crippen molar-refractivity contribution in [3.8, 4) is 5.75 Å². The molecule has 0 aliphatic carbocycles. The van der Waals surface area contributed by atoms with E-state index in [-0.39, 0.29) is 17.8 Å². The van der Waals surface area contributed by atoms with Crippen LogP contribution >= 0.6 is 0 Å². The molecule has 1 N–H and O–H groups in total. The van der Waals surface area contributed by atoms with Gasteiger partial charge in [0.25, 0.3) is 0 Å². The number of benzene rings is 1. The summed E-state index contributed by atoms with van der Waals surface area (Å²) in [6.07, 6.45) is -1.30. The van der Waals surface area contributed by atoms with Crippen LogP contribution in [0.2, 0.25) is 0 Å². The van der Waals surface area contributed by atoms with Gasteiger partial charge in [-0.05, 0) is 50.4 Å². The molecule has 0 spiro atoms. The van der Waals surface area contributed by atoms with Gasteiger partial charge in [-0.15, -0.1) is 0 Å². The molecular weight excluding hydrogens is 295 g/mol. The number of rotatable bonds is 2. The topological polar surface area (TPSA) is 32.7 Å². The van der Waals surface area contributed by atoms with Crippen LogP contribution in [0.1, 0.15) is 36.8 Å². The number of nitrogens with zero attached hydrogens (tertiary/aromatic N) is 1. The SMILES string of the molecule is COc1cc(C2(O)CC3CCC(C2)N3C)ccc1C(F)(F)F. The molecule has 6 heteroatoms. The first-order chi connectivity index (χ1) is 10.2. The predicted molar refractivity (Wildman–Crippen MR) is 75.7 cm³/mol. The number of piperidine rings is 1. The van der Waals surface area contributed by atoms with E-state index >= 15 is 0 Å². The number of fused-ring (bicyclic) bond motifs is 2. The summed E-state index contributed by atoms with van der Waals surface area (Å²) >= 11 is 0. The van der Waals surface area contributed by atoms with Crippen molar-refractivity contribution in [2.75, 3.05) is 14.2 Å². The minimum Gasteiger partial charge on any atom is -0.496 e. The fraction of sp³-hybridized carbons (Fsp3) is 0.625. The zero-order valence-electron chi connectivity index (χ0n) is 12.7. The van der Waals surface area contributed by atoms with Gasteiger partial charge in [-0.1, -0.05) is 6.07 Å². The molecule has 3 rings (SSSR count). The Balaban J connectivity index is 1.95. The van der Waals surface area contributed by atoms with Gasteiger partial charge >= 0.3 is 6.18 Å². The zero-order valence-corrected chi connectivity index (χ0v) is 12.7. The van der Waals surface area contributed by atoms with Crippen molar-refractivity contribution in [2.45, 2.75) is 49.5 Å². The second-order valence-electron chi connectivity index (χ2n) is 6.40. The molecule has 2 fully saturated rings. The van der Waals surface area contributed by atoms with E-state index < -0.39 is 17.3 Å². The Morgan fingerprint density at radius 3 is 2.32 bits per heavy atom. The number of halogens is 3. The fourth-order valence-corrected chi connectivity index (χ4v) is 3.90. The molecule has 2 aliphatic rings. The van der Waals surface area contributed by atoms with E-state index in [0.29, 0.717) is 18.4 Å².